The molecule has 26 heavy (non-hydrogen) atoms. The minimum absolute atomic E-state index is 0.613. The first-order valence-corrected chi connectivity index (χ1v) is 9.75. The van der Waals surface area contributed by atoms with Crippen LogP contribution in [0, 0.1) is 6.92 Å². The largest absolute Gasteiger partial charge is 0.394 e. The molecule has 0 spiro atoms. The predicted octanol–water partition coefficient (Wildman–Crippen LogP) is -0.156. The molecule has 2 heterocycles. The number of para-hydroxylation sites is 1. The molecule has 1 fully saturated rings. The van der Waals surface area contributed by atoms with Crippen LogP contribution >= 0.6 is 23.5 Å². The molecule has 0 aromatic heterocycles. The van der Waals surface area contributed by atoms with Gasteiger partial charge in [-0.25, -0.2) is 4.99 Å². The number of benzene rings is 1. The average Bonchev–Trinajstić information content (AvgIpc) is 3.21. The maximum atomic E-state index is 10.4. The van der Waals surface area contributed by atoms with Gasteiger partial charge in [-0.3, -0.25) is 10.4 Å². The van der Waals surface area contributed by atoms with Crippen LogP contribution in [-0.4, -0.2) is 72.1 Å². The highest BCUT2D eigenvalue weighted by Crippen LogP contribution is 2.42. The molecule has 2 aliphatic heterocycles. The van der Waals surface area contributed by atoms with Gasteiger partial charge in [0.1, 0.15) is 34.8 Å². The Balaban J connectivity index is 1.70. The molecule has 1 saturated heterocycles. The maximum Gasteiger partial charge on any atom is 0.187 e. The van der Waals surface area contributed by atoms with E-state index in [0.29, 0.717) is 5.17 Å². The zero-order valence-electron chi connectivity index (χ0n) is 13.9. The van der Waals surface area contributed by atoms with Crippen molar-refractivity contribution in [3.05, 3.63) is 40.3 Å². The number of amidine groups is 1. The van der Waals surface area contributed by atoms with Crippen LogP contribution in [0.2, 0.25) is 0 Å². The molecule has 0 radical (unpaired) electrons. The van der Waals surface area contributed by atoms with Gasteiger partial charge < -0.3 is 25.5 Å². The molecule has 6 N–H and O–H groups in total. The highest BCUT2D eigenvalue weighted by molar-refractivity contribution is 8.18. The van der Waals surface area contributed by atoms with Gasteiger partial charge in [-0.2, -0.15) is 0 Å². The van der Waals surface area contributed by atoms with E-state index in [9.17, 15) is 20.4 Å². The van der Waals surface area contributed by atoms with Crippen molar-refractivity contribution in [2.45, 2.75) is 36.7 Å². The van der Waals surface area contributed by atoms with Gasteiger partial charge in [-0.05, 0) is 30.3 Å². The summed E-state index contributed by atoms with van der Waals surface area (Å²) in [7, 11) is 0. The minimum Gasteiger partial charge on any atom is -0.394 e. The van der Waals surface area contributed by atoms with E-state index in [1.165, 1.54) is 23.5 Å². The molecule has 8 nitrogen and oxygen atoms in total. The Morgan fingerprint density at radius 3 is 2.62 bits per heavy atom. The van der Waals surface area contributed by atoms with Crippen LogP contribution in [-0.2, 0) is 0 Å². The fourth-order valence-electron chi connectivity index (χ4n) is 2.57. The number of hydrazine groups is 1. The van der Waals surface area contributed by atoms with Crippen LogP contribution in [0.5, 0.6) is 0 Å². The second-order valence-electron chi connectivity index (χ2n) is 5.99. The molecule has 0 aliphatic carbocycles. The zero-order chi connectivity index (χ0) is 18.8. The van der Waals surface area contributed by atoms with Crippen molar-refractivity contribution >= 4 is 34.4 Å². The van der Waals surface area contributed by atoms with Crippen molar-refractivity contribution in [3.63, 3.8) is 0 Å². The van der Waals surface area contributed by atoms with E-state index in [4.69, 9.17) is 5.11 Å². The summed E-state index contributed by atoms with van der Waals surface area (Å²) in [5.74, 6) is 0. The van der Waals surface area contributed by atoms with Crippen molar-refractivity contribution in [2.24, 2.45) is 4.99 Å². The van der Waals surface area contributed by atoms with Gasteiger partial charge in [0, 0.05) is 5.41 Å². The Hall–Kier alpha value is -1.27. The van der Waals surface area contributed by atoms with Gasteiger partial charge >= 0.3 is 0 Å². The number of aliphatic hydroxyl groups excluding tert-OH is 5. The molecule has 142 valence electrons. The molecule has 0 amide bonds. The number of nitrogens with one attached hydrogen (secondary N) is 1. The van der Waals surface area contributed by atoms with Crippen LogP contribution in [0.1, 0.15) is 5.56 Å². The van der Waals surface area contributed by atoms with Gasteiger partial charge in [-0.15, -0.1) is 11.8 Å². The Labute approximate surface area is 159 Å². The lowest BCUT2D eigenvalue weighted by atomic mass is 10.0. The number of aliphatic hydroxyl groups is 5. The fraction of sp³-hybridized carbons (Fsp3) is 0.438. The number of thioether (sulfide) groups is 2. The monoisotopic (exact) mass is 399 g/mol. The maximum absolute atomic E-state index is 10.4. The number of hydrogen-bond acceptors (Lipinski definition) is 9. The SMILES string of the molecule is Cc1ccccc1N=C1NN2C(=CSC2[C@H](O)[C@@H](O)[C@H](O)[C@H](O)CO)S1. The van der Waals surface area contributed by atoms with Crippen LogP contribution in [0.15, 0.2) is 39.7 Å². The summed E-state index contributed by atoms with van der Waals surface area (Å²) in [5, 5.41) is 53.0. The minimum atomic E-state index is -1.66. The molecule has 1 aromatic rings. The topological polar surface area (TPSA) is 129 Å². The van der Waals surface area contributed by atoms with Gasteiger partial charge in [0.2, 0.25) is 0 Å². The summed E-state index contributed by atoms with van der Waals surface area (Å²) in [6.45, 7) is 1.25. The lowest BCUT2D eigenvalue weighted by Crippen LogP contribution is -2.54. The van der Waals surface area contributed by atoms with E-state index in [0.717, 1.165) is 16.3 Å². The molecule has 2 aliphatic rings. The summed E-state index contributed by atoms with van der Waals surface area (Å²) in [5.41, 5.74) is 4.95. The smallest absolute Gasteiger partial charge is 0.187 e. The third-order valence-electron chi connectivity index (χ3n) is 4.13. The van der Waals surface area contributed by atoms with E-state index in [1.807, 2.05) is 36.6 Å². The van der Waals surface area contributed by atoms with E-state index < -0.39 is 36.4 Å². The third-order valence-corrected chi connectivity index (χ3v) is 6.30. The van der Waals surface area contributed by atoms with Crippen molar-refractivity contribution in [1.82, 2.24) is 10.4 Å². The Bertz CT molecular complexity index is 717. The van der Waals surface area contributed by atoms with Gasteiger partial charge in [0.25, 0.3) is 0 Å². The summed E-state index contributed by atoms with van der Waals surface area (Å²) >= 11 is 2.68. The van der Waals surface area contributed by atoms with Crippen LogP contribution < -0.4 is 5.43 Å². The summed E-state index contributed by atoms with van der Waals surface area (Å²) in [6, 6.07) is 7.70. The Morgan fingerprint density at radius 1 is 1.19 bits per heavy atom. The second-order valence-corrected chi connectivity index (χ2v) is 7.99. The zero-order valence-corrected chi connectivity index (χ0v) is 15.6. The van der Waals surface area contributed by atoms with Gasteiger partial charge in [0.05, 0.1) is 12.3 Å². The molecule has 0 saturated carbocycles. The first kappa shape index (κ1) is 19.5. The van der Waals surface area contributed by atoms with E-state index in [-0.39, 0.29) is 0 Å². The number of aliphatic imine (C=N–C) groups is 1. The molecule has 10 heteroatoms. The third kappa shape index (κ3) is 3.86. The number of hydrogen-bond donors (Lipinski definition) is 6. The average molecular weight is 399 g/mol. The molecule has 0 bridgehead atoms. The highest BCUT2D eigenvalue weighted by Gasteiger charge is 2.43. The van der Waals surface area contributed by atoms with E-state index in [1.54, 1.807) is 5.01 Å². The molecule has 1 unspecified atom stereocenters. The molecule has 1 aromatic carbocycles. The first-order valence-electron chi connectivity index (χ1n) is 7.99. The van der Waals surface area contributed by atoms with Crippen molar-refractivity contribution < 1.29 is 25.5 Å². The normalized spacial score (nSPS) is 25.5. The number of nitrogens with zero attached hydrogens (tertiary/aromatic N) is 2. The quantitative estimate of drug-likeness (QED) is 0.387. The van der Waals surface area contributed by atoms with Crippen molar-refractivity contribution in [2.75, 3.05) is 6.61 Å². The first-order chi connectivity index (χ1) is 12.4. The van der Waals surface area contributed by atoms with Crippen LogP contribution in [0.3, 0.4) is 0 Å². The Kier molecular flexibility index (Phi) is 6.13. The van der Waals surface area contributed by atoms with Crippen molar-refractivity contribution in [1.29, 1.82) is 0 Å². The summed E-state index contributed by atoms with van der Waals surface area (Å²) in [4.78, 5) is 4.57. The molecule has 3 rings (SSSR count). The summed E-state index contributed by atoms with van der Waals surface area (Å²) in [6.07, 6.45) is -6.17. The molecular weight excluding hydrogens is 378 g/mol. The standard InChI is InChI=1S/C16H21N3O5S2/c1-8-4-2-3-5-9(8)17-16-18-19-11(26-16)7-25-15(19)14(24)13(23)12(22)10(21)6-20/h2-5,7,10,12-15,20-24H,6H2,1H3,(H,17,18)/t10-,12-,13+,14-,15?/m1/s1. The highest BCUT2D eigenvalue weighted by atomic mass is 32.2. The fourth-order valence-corrected chi connectivity index (χ4v) is 4.72. The van der Waals surface area contributed by atoms with Gasteiger partial charge in [-0.1, -0.05) is 18.2 Å². The lowest BCUT2D eigenvalue weighted by Gasteiger charge is -2.32. The second kappa shape index (κ2) is 8.17. The molecule has 5 atom stereocenters. The van der Waals surface area contributed by atoms with Crippen LogP contribution in [0.25, 0.3) is 0 Å². The van der Waals surface area contributed by atoms with E-state index >= 15 is 0 Å². The van der Waals surface area contributed by atoms with Crippen LogP contribution in [0.4, 0.5) is 5.69 Å². The predicted molar refractivity (Wildman–Crippen MR) is 101 cm³/mol. The number of rotatable bonds is 6. The van der Waals surface area contributed by atoms with Crippen molar-refractivity contribution in [3.8, 4) is 0 Å². The van der Waals surface area contributed by atoms with Gasteiger partial charge in [0.15, 0.2) is 5.17 Å². The number of fused-ring (bicyclic) bond motifs is 1. The van der Waals surface area contributed by atoms with E-state index in [2.05, 4.69) is 10.4 Å². The summed E-state index contributed by atoms with van der Waals surface area (Å²) < 4.78 is 0. The Morgan fingerprint density at radius 2 is 1.92 bits per heavy atom. The molecular formula is C16H21N3O5S2. The lowest BCUT2D eigenvalue weighted by molar-refractivity contribution is -0.121. The number of aryl methyl sites for hydroxylation is 1.